The van der Waals surface area contributed by atoms with Gasteiger partial charge in [-0.15, -0.1) is 0 Å². The van der Waals surface area contributed by atoms with Crippen molar-refractivity contribution in [3.05, 3.63) is 0 Å². The topological polar surface area (TPSA) is 91.7 Å². The molecule has 0 saturated carbocycles. The van der Waals surface area contributed by atoms with Crippen LogP contribution in [0.3, 0.4) is 0 Å². The van der Waals surface area contributed by atoms with E-state index < -0.39 is 23.3 Å². The summed E-state index contributed by atoms with van der Waals surface area (Å²) in [7, 11) is 0. The normalized spacial score (nSPS) is 13.1. The van der Waals surface area contributed by atoms with Crippen LogP contribution in [-0.4, -0.2) is 27.9 Å². The van der Waals surface area contributed by atoms with Gasteiger partial charge in [0.2, 0.25) is 0 Å². The second kappa shape index (κ2) is 6.37. The van der Waals surface area contributed by atoms with Crippen LogP contribution in [0.15, 0.2) is 0 Å². The lowest BCUT2D eigenvalue weighted by Gasteiger charge is -2.24. The van der Waals surface area contributed by atoms with Crippen molar-refractivity contribution in [3.63, 3.8) is 0 Å². The van der Waals surface area contributed by atoms with Crippen LogP contribution in [0, 0.1) is 11.3 Å². The summed E-state index contributed by atoms with van der Waals surface area (Å²) in [5, 5.41) is 17.6. The van der Waals surface area contributed by atoms with Gasteiger partial charge in [0.05, 0.1) is 5.41 Å². The Bertz CT molecular complexity index is 306. The van der Waals surface area contributed by atoms with Crippen molar-refractivity contribution in [2.45, 2.75) is 46.5 Å². The predicted molar refractivity (Wildman–Crippen MR) is 61.7 cm³/mol. The average Bonchev–Trinajstić information content (AvgIpc) is 2.22. The molecule has 0 aliphatic carbocycles. The van der Waals surface area contributed by atoms with Crippen molar-refractivity contribution < 1.29 is 24.6 Å². The lowest BCUT2D eigenvalue weighted by Crippen LogP contribution is -2.30. The maximum absolute atomic E-state index is 11.6. The molecule has 0 radical (unpaired) electrons. The summed E-state index contributed by atoms with van der Waals surface area (Å²) in [5.74, 6) is -2.49. The Labute approximate surface area is 101 Å². The molecule has 0 aliphatic rings. The number of hydrogen-bond donors (Lipinski definition) is 2. The summed E-state index contributed by atoms with van der Waals surface area (Å²) in [6.45, 7) is 4.79. The van der Waals surface area contributed by atoms with Gasteiger partial charge in [0.15, 0.2) is 0 Å². The van der Waals surface area contributed by atoms with E-state index >= 15 is 0 Å². The summed E-state index contributed by atoms with van der Waals surface area (Å²) >= 11 is 0. The van der Waals surface area contributed by atoms with Crippen LogP contribution < -0.4 is 0 Å². The van der Waals surface area contributed by atoms with E-state index in [-0.39, 0.29) is 25.0 Å². The second-order valence-corrected chi connectivity index (χ2v) is 4.84. The molecule has 1 atom stereocenters. The zero-order valence-electron chi connectivity index (χ0n) is 10.5. The third-order valence-corrected chi connectivity index (χ3v) is 2.85. The van der Waals surface area contributed by atoms with Gasteiger partial charge in [0.25, 0.3) is 0 Å². The van der Waals surface area contributed by atoms with Crippen molar-refractivity contribution in [3.8, 4) is 0 Å². The van der Waals surface area contributed by atoms with Crippen LogP contribution in [0.4, 0.5) is 0 Å². The van der Waals surface area contributed by atoms with Crippen molar-refractivity contribution >= 4 is 17.7 Å². The van der Waals surface area contributed by atoms with Crippen molar-refractivity contribution in [2.24, 2.45) is 11.3 Å². The standard InChI is InChI=1S/C12H20O5/c1-4-9(13)8(5-6-10(14)15)7-12(2,3)11(16)17/h8H,4-7H2,1-3H3,(H,14,15)(H,16,17). The van der Waals surface area contributed by atoms with Crippen LogP contribution in [-0.2, 0) is 14.4 Å². The number of hydrogen-bond acceptors (Lipinski definition) is 3. The number of aliphatic carboxylic acids is 2. The number of carboxylic acids is 2. The molecule has 0 bridgehead atoms. The maximum atomic E-state index is 11.6. The number of carboxylic acid groups (broad SMARTS) is 2. The minimum atomic E-state index is -1.01. The molecular weight excluding hydrogens is 224 g/mol. The van der Waals surface area contributed by atoms with E-state index in [1.54, 1.807) is 20.8 Å². The first-order chi connectivity index (χ1) is 7.70. The number of rotatable bonds is 8. The SMILES string of the molecule is CCC(=O)C(CCC(=O)O)CC(C)(C)C(=O)O. The molecule has 5 heteroatoms. The first-order valence-corrected chi connectivity index (χ1v) is 5.68. The Morgan fingerprint density at radius 2 is 1.71 bits per heavy atom. The molecule has 0 aromatic heterocycles. The molecule has 98 valence electrons. The summed E-state index contributed by atoms with van der Waals surface area (Å²) in [6.07, 6.45) is 0.590. The van der Waals surface area contributed by atoms with E-state index in [1.165, 1.54) is 0 Å². The van der Waals surface area contributed by atoms with Crippen LogP contribution in [0.1, 0.15) is 46.5 Å². The van der Waals surface area contributed by atoms with Gasteiger partial charge in [-0.05, 0) is 26.7 Å². The second-order valence-electron chi connectivity index (χ2n) is 4.84. The fourth-order valence-corrected chi connectivity index (χ4v) is 1.67. The molecule has 17 heavy (non-hydrogen) atoms. The highest BCUT2D eigenvalue weighted by atomic mass is 16.4. The fraction of sp³-hybridized carbons (Fsp3) is 0.750. The first-order valence-electron chi connectivity index (χ1n) is 5.68. The molecule has 0 aromatic rings. The van der Waals surface area contributed by atoms with Gasteiger partial charge in [-0.25, -0.2) is 0 Å². The molecule has 0 spiro atoms. The highest BCUT2D eigenvalue weighted by molar-refractivity contribution is 5.82. The quantitative estimate of drug-likeness (QED) is 0.680. The minimum absolute atomic E-state index is 0.0689. The molecule has 0 aromatic carbocycles. The Hall–Kier alpha value is -1.39. The Morgan fingerprint density at radius 3 is 2.06 bits per heavy atom. The molecule has 0 rings (SSSR count). The number of ketones is 1. The molecule has 2 N–H and O–H groups in total. The van der Waals surface area contributed by atoms with E-state index in [1.807, 2.05) is 0 Å². The van der Waals surface area contributed by atoms with E-state index in [9.17, 15) is 14.4 Å². The van der Waals surface area contributed by atoms with Crippen LogP contribution in [0.2, 0.25) is 0 Å². The third-order valence-electron chi connectivity index (χ3n) is 2.85. The molecule has 0 saturated heterocycles. The van der Waals surface area contributed by atoms with Crippen LogP contribution >= 0.6 is 0 Å². The zero-order valence-corrected chi connectivity index (χ0v) is 10.5. The van der Waals surface area contributed by atoms with E-state index in [4.69, 9.17) is 10.2 Å². The number of Topliss-reactive ketones (excluding diaryl/α,β-unsaturated/α-hetero) is 1. The lowest BCUT2D eigenvalue weighted by atomic mass is 9.79. The molecule has 0 fully saturated rings. The highest BCUT2D eigenvalue weighted by Gasteiger charge is 2.33. The van der Waals surface area contributed by atoms with Crippen molar-refractivity contribution in [1.82, 2.24) is 0 Å². The summed E-state index contributed by atoms with van der Waals surface area (Å²) in [6, 6.07) is 0. The van der Waals surface area contributed by atoms with Crippen LogP contribution in [0.25, 0.3) is 0 Å². The van der Waals surface area contributed by atoms with Crippen molar-refractivity contribution in [2.75, 3.05) is 0 Å². The highest BCUT2D eigenvalue weighted by Crippen LogP contribution is 2.29. The van der Waals surface area contributed by atoms with Gasteiger partial charge in [0, 0.05) is 18.8 Å². The maximum Gasteiger partial charge on any atom is 0.309 e. The Kier molecular flexibility index (Phi) is 5.85. The smallest absolute Gasteiger partial charge is 0.309 e. The molecule has 0 amide bonds. The van der Waals surface area contributed by atoms with Gasteiger partial charge in [-0.1, -0.05) is 6.92 Å². The van der Waals surface area contributed by atoms with Gasteiger partial charge in [-0.3, -0.25) is 14.4 Å². The molecule has 0 heterocycles. The largest absolute Gasteiger partial charge is 0.481 e. The summed E-state index contributed by atoms with van der Waals surface area (Å²) in [4.78, 5) is 33.1. The number of carbonyl (C=O) groups excluding carboxylic acids is 1. The van der Waals surface area contributed by atoms with Gasteiger partial charge in [-0.2, -0.15) is 0 Å². The average molecular weight is 244 g/mol. The minimum Gasteiger partial charge on any atom is -0.481 e. The molecule has 0 aliphatic heterocycles. The van der Waals surface area contributed by atoms with Crippen LogP contribution in [0.5, 0.6) is 0 Å². The van der Waals surface area contributed by atoms with Gasteiger partial charge < -0.3 is 10.2 Å². The monoisotopic (exact) mass is 244 g/mol. The van der Waals surface area contributed by atoms with Crippen molar-refractivity contribution in [1.29, 1.82) is 0 Å². The fourth-order valence-electron chi connectivity index (χ4n) is 1.67. The Balaban J connectivity index is 4.65. The summed E-state index contributed by atoms with van der Waals surface area (Å²) in [5.41, 5.74) is -1.01. The molecular formula is C12H20O5. The molecule has 5 nitrogen and oxygen atoms in total. The zero-order chi connectivity index (χ0) is 13.6. The van der Waals surface area contributed by atoms with E-state index in [0.29, 0.717) is 6.42 Å². The van der Waals surface area contributed by atoms with Gasteiger partial charge in [0.1, 0.15) is 5.78 Å². The van der Waals surface area contributed by atoms with E-state index in [2.05, 4.69) is 0 Å². The predicted octanol–water partition coefficient (Wildman–Crippen LogP) is 1.95. The summed E-state index contributed by atoms with van der Waals surface area (Å²) < 4.78 is 0. The van der Waals surface area contributed by atoms with Gasteiger partial charge >= 0.3 is 11.9 Å². The Morgan fingerprint density at radius 1 is 1.18 bits per heavy atom. The lowest BCUT2D eigenvalue weighted by molar-refractivity contribution is -0.148. The first kappa shape index (κ1) is 15.6. The third kappa shape index (κ3) is 5.47. The molecule has 1 unspecified atom stereocenters. The number of carbonyl (C=O) groups is 3. The van der Waals surface area contributed by atoms with E-state index in [0.717, 1.165) is 0 Å².